The standard InChI is InChI=1S/C15H19BrN2S/c16-11-8-9-14-13(10-11)18-15(19-14)17-12-6-4-2-1-3-5-7-12/h8-10,12H,1-7H2,(H,17,18). The lowest BCUT2D eigenvalue weighted by Crippen LogP contribution is -2.20. The second-order valence-corrected chi connectivity index (χ2v) is 7.26. The van der Waals surface area contributed by atoms with Gasteiger partial charge in [-0.2, -0.15) is 0 Å². The SMILES string of the molecule is Brc1ccc2sc(NC3CCCCCCC3)nc2c1. The molecule has 1 aromatic heterocycles. The van der Waals surface area contributed by atoms with Crippen LogP contribution < -0.4 is 5.32 Å². The number of benzene rings is 1. The Morgan fingerprint density at radius 1 is 1.11 bits per heavy atom. The smallest absolute Gasteiger partial charge is 0.184 e. The highest BCUT2D eigenvalue weighted by Crippen LogP contribution is 2.30. The molecule has 1 aromatic carbocycles. The molecule has 1 fully saturated rings. The Hall–Kier alpha value is -0.610. The normalized spacial score (nSPS) is 18.2. The zero-order valence-electron chi connectivity index (χ0n) is 11.0. The summed E-state index contributed by atoms with van der Waals surface area (Å²) in [6.45, 7) is 0. The Labute approximate surface area is 126 Å². The van der Waals surface area contributed by atoms with Crippen molar-refractivity contribution in [2.24, 2.45) is 0 Å². The van der Waals surface area contributed by atoms with Crippen molar-refractivity contribution in [3.8, 4) is 0 Å². The highest BCUT2D eigenvalue weighted by atomic mass is 79.9. The van der Waals surface area contributed by atoms with E-state index in [9.17, 15) is 0 Å². The van der Waals surface area contributed by atoms with Crippen LogP contribution in [-0.4, -0.2) is 11.0 Å². The quantitative estimate of drug-likeness (QED) is 0.772. The summed E-state index contributed by atoms with van der Waals surface area (Å²) in [5, 5.41) is 4.73. The molecule has 1 aliphatic carbocycles. The molecule has 1 heterocycles. The van der Waals surface area contributed by atoms with Crippen LogP contribution in [0.1, 0.15) is 44.9 Å². The summed E-state index contributed by atoms with van der Waals surface area (Å²) in [5.41, 5.74) is 1.09. The van der Waals surface area contributed by atoms with Crippen molar-refractivity contribution in [1.82, 2.24) is 4.98 Å². The summed E-state index contributed by atoms with van der Waals surface area (Å²) in [6, 6.07) is 6.93. The molecule has 0 radical (unpaired) electrons. The van der Waals surface area contributed by atoms with Crippen molar-refractivity contribution >= 4 is 42.6 Å². The van der Waals surface area contributed by atoms with Gasteiger partial charge in [0.05, 0.1) is 10.2 Å². The molecule has 1 N–H and O–H groups in total. The Kier molecular flexibility index (Phi) is 4.38. The predicted octanol–water partition coefficient (Wildman–Crippen LogP) is 5.58. The van der Waals surface area contributed by atoms with Gasteiger partial charge in [0.2, 0.25) is 0 Å². The van der Waals surface area contributed by atoms with Gasteiger partial charge < -0.3 is 5.32 Å². The van der Waals surface area contributed by atoms with Gasteiger partial charge in [-0.15, -0.1) is 0 Å². The molecule has 0 bridgehead atoms. The van der Waals surface area contributed by atoms with Crippen molar-refractivity contribution < 1.29 is 0 Å². The largest absolute Gasteiger partial charge is 0.359 e. The van der Waals surface area contributed by atoms with Gasteiger partial charge in [0.1, 0.15) is 0 Å². The number of thiazole rings is 1. The van der Waals surface area contributed by atoms with Gasteiger partial charge in [-0.25, -0.2) is 4.98 Å². The molecule has 0 aliphatic heterocycles. The van der Waals surface area contributed by atoms with E-state index in [1.165, 1.54) is 49.6 Å². The Morgan fingerprint density at radius 3 is 2.63 bits per heavy atom. The first-order valence-electron chi connectivity index (χ1n) is 7.14. The molecule has 0 atom stereocenters. The number of anilines is 1. The zero-order valence-corrected chi connectivity index (χ0v) is 13.4. The maximum atomic E-state index is 4.70. The fraction of sp³-hybridized carbons (Fsp3) is 0.533. The van der Waals surface area contributed by atoms with Crippen molar-refractivity contribution in [1.29, 1.82) is 0 Å². The van der Waals surface area contributed by atoms with E-state index in [1.807, 2.05) is 0 Å². The maximum absolute atomic E-state index is 4.70. The number of nitrogens with zero attached hydrogens (tertiary/aromatic N) is 1. The molecule has 4 heteroatoms. The van der Waals surface area contributed by atoms with Crippen molar-refractivity contribution in [3.63, 3.8) is 0 Å². The molecule has 0 saturated heterocycles. The van der Waals surface area contributed by atoms with E-state index < -0.39 is 0 Å². The average Bonchev–Trinajstić information content (AvgIpc) is 2.74. The molecule has 19 heavy (non-hydrogen) atoms. The van der Waals surface area contributed by atoms with Crippen molar-refractivity contribution in [2.75, 3.05) is 5.32 Å². The summed E-state index contributed by atoms with van der Waals surface area (Å²) < 4.78 is 2.36. The van der Waals surface area contributed by atoms with E-state index in [1.54, 1.807) is 11.3 Å². The number of rotatable bonds is 2. The minimum Gasteiger partial charge on any atom is -0.359 e. The van der Waals surface area contributed by atoms with Crippen LogP contribution in [0.5, 0.6) is 0 Å². The average molecular weight is 339 g/mol. The molecule has 2 aromatic rings. The minimum absolute atomic E-state index is 0.615. The van der Waals surface area contributed by atoms with Crippen LogP contribution in [-0.2, 0) is 0 Å². The van der Waals surface area contributed by atoms with E-state index in [4.69, 9.17) is 4.98 Å². The second-order valence-electron chi connectivity index (χ2n) is 5.32. The number of hydrogen-bond acceptors (Lipinski definition) is 3. The van der Waals surface area contributed by atoms with Gasteiger partial charge in [0.15, 0.2) is 5.13 Å². The number of nitrogens with one attached hydrogen (secondary N) is 1. The van der Waals surface area contributed by atoms with Crippen LogP contribution in [0.2, 0.25) is 0 Å². The van der Waals surface area contributed by atoms with Gasteiger partial charge in [0, 0.05) is 10.5 Å². The number of halogens is 1. The third-order valence-corrected chi connectivity index (χ3v) is 5.24. The van der Waals surface area contributed by atoms with Gasteiger partial charge in [-0.05, 0) is 31.0 Å². The van der Waals surface area contributed by atoms with Crippen LogP contribution in [0.25, 0.3) is 10.2 Å². The van der Waals surface area contributed by atoms with Crippen LogP contribution in [0.15, 0.2) is 22.7 Å². The van der Waals surface area contributed by atoms with Gasteiger partial charge >= 0.3 is 0 Å². The topological polar surface area (TPSA) is 24.9 Å². The zero-order chi connectivity index (χ0) is 13.1. The predicted molar refractivity (Wildman–Crippen MR) is 87.0 cm³/mol. The Morgan fingerprint density at radius 2 is 1.84 bits per heavy atom. The van der Waals surface area contributed by atoms with E-state index >= 15 is 0 Å². The molecule has 0 unspecified atom stereocenters. The van der Waals surface area contributed by atoms with E-state index in [0.717, 1.165) is 15.1 Å². The summed E-state index contributed by atoms with van der Waals surface area (Å²) in [5.74, 6) is 0. The highest BCUT2D eigenvalue weighted by Gasteiger charge is 2.13. The van der Waals surface area contributed by atoms with Crippen LogP contribution >= 0.6 is 27.3 Å². The molecule has 1 aliphatic rings. The second kappa shape index (κ2) is 6.23. The first-order valence-corrected chi connectivity index (χ1v) is 8.75. The lowest BCUT2D eigenvalue weighted by Gasteiger charge is -2.20. The van der Waals surface area contributed by atoms with Crippen LogP contribution in [0.3, 0.4) is 0 Å². The lowest BCUT2D eigenvalue weighted by atomic mass is 9.97. The lowest BCUT2D eigenvalue weighted by molar-refractivity contribution is 0.471. The minimum atomic E-state index is 0.615. The molecule has 1 saturated carbocycles. The first-order chi connectivity index (χ1) is 9.31. The third-order valence-electron chi connectivity index (χ3n) is 3.78. The summed E-state index contributed by atoms with van der Waals surface area (Å²) in [6.07, 6.45) is 9.50. The van der Waals surface area contributed by atoms with E-state index in [2.05, 4.69) is 39.4 Å². The fourth-order valence-corrected chi connectivity index (χ4v) is 4.01. The molecule has 0 amide bonds. The number of aromatic nitrogens is 1. The fourth-order valence-electron chi connectivity index (χ4n) is 2.74. The molecular weight excluding hydrogens is 320 g/mol. The van der Waals surface area contributed by atoms with E-state index in [-0.39, 0.29) is 0 Å². The summed E-state index contributed by atoms with van der Waals surface area (Å²) in [4.78, 5) is 4.70. The molecular formula is C15H19BrN2S. The number of fused-ring (bicyclic) bond motifs is 1. The molecule has 3 rings (SSSR count). The summed E-state index contributed by atoms with van der Waals surface area (Å²) >= 11 is 5.27. The molecule has 102 valence electrons. The molecule has 0 spiro atoms. The monoisotopic (exact) mass is 338 g/mol. The van der Waals surface area contributed by atoms with Crippen molar-refractivity contribution in [3.05, 3.63) is 22.7 Å². The summed E-state index contributed by atoms with van der Waals surface area (Å²) in [7, 11) is 0. The first kappa shape index (κ1) is 13.4. The van der Waals surface area contributed by atoms with E-state index in [0.29, 0.717) is 6.04 Å². The Bertz CT molecular complexity index is 544. The Balaban J connectivity index is 1.72. The van der Waals surface area contributed by atoms with Crippen LogP contribution in [0.4, 0.5) is 5.13 Å². The van der Waals surface area contributed by atoms with Crippen LogP contribution in [0, 0.1) is 0 Å². The third kappa shape index (κ3) is 3.48. The molecule has 2 nitrogen and oxygen atoms in total. The number of hydrogen-bond donors (Lipinski definition) is 1. The van der Waals surface area contributed by atoms with Gasteiger partial charge in [-0.1, -0.05) is 59.4 Å². The maximum Gasteiger partial charge on any atom is 0.184 e. The van der Waals surface area contributed by atoms with Gasteiger partial charge in [0.25, 0.3) is 0 Å². The van der Waals surface area contributed by atoms with Gasteiger partial charge in [-0.3, -0.25) is 0 Å². The highest BCUT2D eigenvalue weighted by molar-refractivity contribution is 9.10. The van der Waals surface area contributed by atoms with Crippen molar-refractivity contribution in [2.45, 2.75) is 51.0 Å².